The van der Waals surface area contributed by atoms with Crippen molar-refractivity contribution in [3.63, 3.8) is 0 Å². The second-order valence-electron chi connectivity index (χ2n) is 4.76. The van der Waals surface area contributed by atoms with Crippen LogP contribution < -0.4 is 10.2 Å². The SMILES string of the molecule is COc1cccc2c(=O)c(C(=O)O)cn(C3CC3F)c12. The van der Waals surface area contributed by atoms with E-state index >= 15 is 0 Å². The Hall–Kier alpha value is -2.37. The number of hydrogen-bond donors (Lipinski definition) is 1. The number of pyridine rings is 1. The van der Waals surface area contributed by atoms with E-state index in [-0.39, 0.29) is 10.9 Å². The Morgan fingerprint density at radius 2 is 2.20 bits per heavy atom. The van der Waals surface area contributed by atoms with Crippen molar-refractivity contribution in [1.82, 2.24) is 4.57 Å². The second kappa shape index (κ2) is 4.33. The first kappa shape index (κ1) is 12.7. The van der Waals surface area contributed by atoms with Crippen LogP contribution in [0.2, 0.25) is 0 Å². The maximum Gasteiger partial charge on any atom is 0.341 e. The summed E-state index contributed by atoms with van der Waals surface area (Å²) >= 11 is 0. The number of carboxylic acid groups (broad SMARTS) is 1. The maximum atomic E-state index is 13.4. The molecule has 2 atom stereocenters. The van der Waals surface area contributed by atoms with Gasteiger partial charge in [0, 0.05) is 12.6 Å². The highest BCUT2D eigenvalue weighted by Crippen LogP contribution is 2.42. The molecule has 1 heterocycles. The Labute approximate surface area is 113 Å². The van der Waals surface area contributed by atoms with Crippen LogP contribution in [0.3, 0.4) is 0 Å². The van der Waals surface area contributed by atoms with Gasteiger partial charge in [-0.3, -0.25) is 4.79 Å². The van der Waals surface area contributed by atoms with Crippen molar-refractivity contribution in [3.8, 4) is 5.75 Å². The Morgan fingerprint density at radius 1 is 1.50 bits per heavy atom. The molecule has 1 N–H and O–H groups in total. The molecule has 0 radical (unpaired) electrons. The number of aromatic nitrogens is 1. The third-order valence-corrected chi connectivity index (χ3v) is 3.50. The van der Waals surface area contributed by atoms with Gasteiger partial charge in [-0.2, -0.15) is 0 Å². The molecule has 1 fully saturated rings. The van der Waals surface area contributed by atoms with Gasteiger partial charge >= 0.3 is 5.97 Å². The smallest absolute Gasteiger partial charge is 0.341 e. The fourth-order valence-corrected chi connectivity index (χ4v) is 2.40. The molecule has 6 heteroatoms. The minimum atomic E-state index is -1.32. The molecule has 104 valence electrons. The third kappa shape index (κ3) is 1.76. The van der Waals surface area contributed by atoms with Crippen molar-refractivity contribution in [1.29, 1.82) is 0 Å². The van der Waals surface area contributed by atoms with Crippen LogP contribution >= 0.6 is 0 Å². The van der Waals surface area contributed by atoms with Gasteiger partial charge < -0.3 is 14.4 Å². The van der Waals surface area contributed by atoms with Crippen LogP contribution in [0.15, 0.2) is 29.2 Å². The van der Waals surface area contributed by atoms with E-state index in [1.807, 2.05) is 0 Å². The van der Waals surface area contributed by atoms with Gasteiger partial charge in [-0.15, -0.1) is 0 Å². The van der Waals surface area contributed by atoms with Crippen molar-refractivity contribution >= 4 is 16.9 Å². The lowest BCUT2D eigenvalue weighted by atomic mass is 10.1. The average molecular weight is 277 g/mol. The van der Waals surface area contributed by atoms with Gasteiger partial charge in [0.05, 0.1) is 24.1 Å². The minimum absolute atomic E-state index is 0.225. The van der Waals surface area contributed by atoms with E-state index in [0.29, 0.717) is 17.7 Å². The molecule has 1 aromatic heterocycles. The van der Waals surface area contributed by atoms with E-state index in [1.165, 1.54) is 23.9 Å². The molecule has 5 nitrogen and oxygen atoms in total. The number of carboxylic acids is 1. The number of methoxy groups -OCH3 is 1. The molecule has 20 heavy (non-hydrogen) atoms. The predicted molar refractivity (Wildman–Crippen MR) is 70.3 cm³/mol. The van der Waals surface area contributed by atoms with Gasteiger partial charge in [0.15, 0.2) is 0 Å². The Bertz CT molecular complexity index is 768. The zero-order valence-corrected chi connectivity index (χ0v) is 10.7. The van der Waals surface area contributed by atoms with Crippen LogP contribution in [-0.4, -0.2) is 28.9 Å². The number of rotatable bonds is 3. The highest BCUT2D eigenvalue weighted by molar-refractivity contribution is 5.94. The molecule has 2 unspecified atom stereocenters. The highest BCUT2D eigenvalue weighted by Gasteiger charge is 2.40. The summed E-state index contributed by atoms with van der Waals surface area (Å²) in [5.41, 5.74) is -0.501. The third-order valence-electron chi connectivity index (χ3n) is 3.50. The molecule has 2 aromatic rings. The monoisotopic (exact) mass is 277 g/mol. The Morgan fingerprint density at radius 3 is 2.75 bits per heavy atom. The summed E-state index contributed by atoms with van der Waals surface area (Å²) in [4.78, 5) is 23.3. The number of para-hydroxylation sites is 1. The van der Waals surface area contributed by atoms with E-state index in [0.717, 1.165) is 0 Å². The molecule has 0 bridgehead atoms. The summed E-state index contributed by atoms with van der Waals surface area (Å²) in [5.74, 6) is -0.889. The number of benzene rings is 1. The van der Waals surface area contributed by atoms with Gasteiger partial charge in [0.1, 0.15) is 17.5 Å². The molecule has 1 aromatic carbocycles. The van der Waals surface area contributed by atoms with Crippen LogP contribution in [0.4, 0.5) is 4.39 Å². The van der Waals surface area contributed by atoms with Crippen LogP contribution in [0, 0.1) is 0 Å². The van der Waals surface area contributed by atoms with Crippen LogP contribution in [0.25, 0.3) is 10.9 Å². The molecule has 1 aliphatic carbocycles. The van der Waals surface area contributed by atoms with Crippen LogP contribution in [0.5, 0.6) is 5.75 Å². The van der Waals surface area contributed by atoms with E-state index in [4.69, 9.17) is 9.84 Å². The summed E-state index contributed by atoms with van der Waals surface area (Å²) < 4.78 is 20.1. The standard InChI is InChI=1S/C14H12FNO4/c1-20-11-4-2-3-7-12(11)16(10-5-9(10)15)6-8(13(7)17)14(18)19/h2-4,6,9-10H,5H2,1H3,(H,18,19). The van der Waals surface area contributed by atoms with E-state index in [2.05, 4.69) is 0 Å². The normalized spacial score (nSPS) is 20.9. The topological polar surface area (TPSA) is 68.5 Å². The molecule has 1 saturated carbocycles. The fourth-order valence-electron chi connectivity index (χ4n) is 2.40. The molecule has 0 saturated heterocycles. The average Bonchev–Trinajstić information content (AvgIpc) is 3.15. The summed E-state index contributed by atoms with van der Waals surface area (Å²) in [6, 6.07) is 4.36. The Kier molecular flexibility index (Phi) is 2.74. The van der Waals surface area contributed by atoms with E-state index in [1.54, 1.807) is 12.1 Å². The number of hydrogen-bond acceptors (Lipinski definition) is 3. The van der Waals surface area contributed by atoms with Gasteiger partial charge in [-0.05, 0) is 12.1 Å². The number of ether oxygens (including phenoxy) is 1. The lowest BCUT2D eigenvalue weighted by molar-refractivity contribution is 0.0694. The van der Waals surface area contributed by atoms with Crippen molar-refractivity contribution in [2.75, 3.05) is 7.11 Å². The van der Waals surface area contributed by atoms with Crippen LogP contribution in [0.1, 0.15) is 22.8 Å². The minimum Gasteiger partial charge on any atom is -0.495 e. The highest BCUT2D eigenvalue weighted by atomic mass is 19.1. The summed E-state index contributed by atoms with van der Waals surface area (Å²) in [6.45, 7) is 0. The molecule has 0 amide bonds. The van der Waals surface area contributed by atoms with E-state index in [9.17, 15) is 14.0 Å². The molecule has 3 rings (SSSR count). The summed E-state index contributed by atoms with van der Waals surface area (Å²) in [7, 11) is 1.45. The quantitative estimate of drug-likeness (QED) is 0.931. The number of aromatic carboxylic acids is 1. The second-order valence-corrected chi connectivity index (χ2v) is 4.76. The predicted octanol–water partition coefficient (Wildman–Crippen LogP) is 1.99. The van der Waals surface area contributed by atoms with Gasteiger partial charge in [0.25, 0.3) is 0 Å². The number of fused-ring (bicyclic) bond motifs is 1. The number of nitrogens with zero attached hydrogens (tertiary/aromatic N) is 1. The molecular weight excluding hydrogens is 265 g/mol. The van der Waals surface area contributed by atoms with Crippen LogP contribution in [-0.2, 0) is 0 Å². The van der Waals surface area contributed by atoms with Gasteiger partial charge in [-0.25, -0.2) is 9.18 Å². The molecule has 1 aliphatic rings. The first-order valence-corrected chi connectivity index (χ1v) is 6.13. The first-order valence-electron chi connectivity index (χ1n) is 6.13. The van der Waals surface area contributed by atoms with Gasteiger partial charge in [-0.1, -0.05) is 6.07 Å². The zero-order valence-electron chi connectivity index (χ0n) is 10.7. The maximum absolute atomic E-state index is 13.4. The van der Waals surface area contributed by atoms with Gasteiger partial charge in [0.2, 0.25) is 5.43 Å². The number of halogens is 1. The lowest BCUT2D eigenvalue weighted by Crippen LogP contribution is -2.19. The van der Waals surface area contributed by atoms with E-state index < -0.39 is 23.6 Å². The Balaban J connectivity index is 2.42. The number of carbonyl (C=O) groups is 1. The lowest BCUT2D eigenvalue weighted by Gasteiger charge is -2.14. The molecular formula is C14H12FNO4. The van der Waals surface area contributed by atoms with Crippen molar-refractivity contribution in [2.45, 2.75) is 18.6 Å². The molecule has 0 aliphatic heterocycles. The zero-order chi connectivity index (χ0) is 14.4. The van der Waals surface area contributed by atoms with Crippen molar-refractivity contribution < 1.29 is 19.0 Å². The first-order chi connectivity index (χ1) is 9.54. The largest absolute Gasteiger partial charge is 0.495 e. The van der Waals surface area contributed by atoms with Crippen molar-refractivity contribution in [3.05, 3.63) is 40.2 Å². The number of alkyl halides is 1. The summed E-state index contributed by atoms with van der Waals surface area (Å²) in [5, 5.41) is 9.33. The fraction of sp³-hybridized carbons (Fsp3) is 0.286. The molecule has 0 spiro atoms. The summed E-state index contributed by atoms with van der Waals surface area (Å²) in [6.07, 6.45) is 0.502. The van der Waals surface area contributed by atoms with Crippen molar-refractivity contribution in [2.24, 2.45) is 0 Å².